The van der Waals surface area contributed by atoms with Gasteiger partial charge in [0.2, 0.25) is 0 Å². The van der Waals surface area contributed by atoms with Crippen LogP contribution >= 0.6 is 0 Å². The molecule has 0 aromatic rings. The molecule has 0 rings (SSSR count). The minimum atomic E-state index is -0.887. The molecule has 2 atom stereocenters. The number of unbranched alkanes of at least 4 members (excludes halogenated alkanes) is 19. The van der Waals surface area contributed by atoms with Gasteiger partial charge >= 0.3 is 17.9 Å². The van der Waals surface area contributed by atoms with Crippen LogP contribution in [0.5, 0.6) is 0 Å². The van der Waals surface area contributed by atoms with Crippen molar-refractivity contribution >= 4 is 17.9 Å². The molecule has 0 aromatic carbocycles. The summed E-state index contributed by atoms with van der Waals surface area (Å²) in [5.41, 5.74) is 0. The van der Waals surface area contributed by atoms with Crippen LogP contribution in [0.1, 0.15) is 181 Å². The molecule has 1 N–H and O–H groups in total. The van der Waals surface area contributed by atoms with E-state index in [0.717, 1.165) is 38.5 Å². The minimum Gasteiger partial charge on any atom is -0.477 e. The average molecular weight is 749 g/mol. The van der Waals surface area contributed by atoms with Crippen LogP contribution in [-0.2, 0) is 28.6 Å². The number of rotatable bonds is 38. The molecule has 2 unspecified atom stereocenters. The second-order valence-electron chi connectivity index (χ2n) is 15.6. The predicted octanol–water partition coefficient (Wildman–Crippen LogP) is 11.5. The van der Waals surface area contributed by atoms with Crippen molar-refractivity contribution in [2.24, 2.45) is 0 Å². The normalized spacial score (nSPS) is 13.3. The molecule has 0 amide bonds. The lowest BCUT2D eigenvalue weighted by molar-refractivity contribution is -0.887. The number of nitrogens with zero attached hydrogens (tertiary/aromatic N) is 1. The monoisotopic (exact) mass is 749 g/mol. The molecule has 53 heavy (non-hydrogen) atoms. The van der Waals surface area contributed by atoms with E-state index in [4.69, 9.17) is 14.2 Å². The van der Waals surface area contributed by atoms with Crippen molar-refractivity contribution in [2.45, 2.75) is 193 Å². The number of carbonyl (C=O) groups excluding carboxylic acids is 2. The van der Waals surface area contributed by atoms with Crippen molar-refractivity contribution in [3.05, 3.63) is 36.5 Å². The minimum absolute atomic E-state index is 0.0273. The molecule has 0 radical (unpaired) electrons. The fourth-order valence-corrected chi connectivity index (χ4v) is 6.27. The Balaban J connectivity index is 4.24. The zero-order valence-electron chi connectivity index (χ0n) is 35.0. The summed E-state index contributed by atoms with van der Waals surface area (Å²) in [6.07, 6.45) is 41.0. The van der Waals surface area contributed by atoms with Crippen molar-refractivity contribution in [2.75, 3.05) is 41.0 Å². The number of aliphatic carboxylic acids is 1. The lowest BCUT2D eigenvalue weighted by Crippen LogP contribution is -2.50. The van der Waals surface area contributed by atoms with Crippen LogP contribution in [0.15, 0.2) is 36.5 Å². The van der Waals surface area contributed by atoms with Gasteiger partial charge < -0.3 is 23.8 Å². The van der Waals surface area contributed by atoms with Crippen LogP contribution in [0.3, 0.4) is 0 Å². The summed E-state index contributed by atoms with van der Waals surface area (Å²) in [4.78, 5) is 36.7. The summed E-state index contributed by atoms with van der Waals surface area (Å²) in [5.74, 6) is -1.61. The highest BCUT2D eigenvalue weighted by Crippen LogP contribution is 2.15. The molecular formula is C45H82NO7+. The van der Waals surface area contributed by atoms with Gasteiger partial charge in [0.25, 0.3) is 0 Å². The average Bonchev–Trinajstić information content (AvgIpc) is 3.11. The number of ether oxygens (including phenoxy) is 3. The molecule has 0 spiro atoms. The van der Waals surface area contributed by atoms with Gasteiger partial charge in [-0.3, -0.25) is 9.59 Å². The topological polar surface area (TPSA) is 99.1 Å². The summed E-state index contributed by atoms with van der Waals surface area (Å²) in [6, 6.07) is -0.625. The number of carboxylic acid groups (broad SMARTS) is 1. The fourth-order valence-electron chi connectivity index (χ4n) is 6.27. The molecule has 0 aliphatic rings. The zero-order valence-corrected chi connectivity index (χ0v) is 35.0. The van der Waals surface area contributed by atoms with Gasteiger partial charge in [-0.2, -0.15) is 0 Å². The maximum atomic E-state index is 12.6. The smallest absolute Gasteiger partial charge is 0.362 e. The molecule has 308 valence electrons. The van der Waals surface area contributed by atoms with Crippen molar-refractivity contribution < 1.29 is 38.2 Å². The van der Waals surface area contributed by atoms with Gasteiger partial charge in [-0.25, -0.2) is 4.79 Å². The van der Waals surface area contributed by atoms with Crippen LogP contribution in [-0.4, -0.2) is 80.6 Å². The first-order valence-corrected chi connectivity index (χ1v) is 21.5. The van der Waals surface area contributed by atoms with E-state index in [1.807, 2.05) is 27.2 Å². The van der Waals surface area contributed by atoms with Crippen LogP contribution in [0, 0.1) is 0 Å². The van der Waals surface area contributed by atoms with Crippen LogP contribution in [0.2, 0.25) is 0 Å². The standard InChI is InChI=1S/C45H81NO7/c1-6-8-10-12-14-16-17-18-19-20-21-22-23-24-25-26-28-29-31-33-35-43(47)52-40-41(39-51-38-37-42(45(49)50)46(3,4)5)53-44(48)36-34-32-30-27-15-13-11-9-7-2/h9,11,15,27,32,34,41-42H,6-8,10,12-14,16-26,28-31,33,35-40H2,1-5H3/p+1/b11-9+,27-15+,34-32+. The molecule has 0 heterocycles. The van der Waals surface area contributed by atoms with Gasteiger partial charge in [0.15, 0.2) is 12.1 Å². The predicted molar refractivity (Wildman–Crippen MR) is 220 cm³/mol. The SMILES string of the molecule is CC/C=C/C/C=C/C/C=C/CC(=O)OC(COCCC(C(=O)O)[N+](C)(C)C)COC(=O)CCCCCCCCCCCCCCCCCCCCCC. The van der Waals surface area contributed by atoms with E-state index in [1.54, 1.807) is 6.08 Å². The van der Waals surface area contributed by atoms with Crippen molar-refractivity contribution in [3.63, 3.8) is 0 Å². The second-order valence-corrected chi connectivity index (χ2v) is 15.6. The Hall–Kier alpha value is -2.45. The number of hydrogen-bond acceptors (Lipinski definition) is 6. The third-order valence-electron chi connectivity index (χ3n) is 9.59. The summed E-state index contributed by atoms with van der Waals surface area (Å²) in [5, 5.41) is 9.58. The highest BCUT2D eigenvalue weighted by atomic mass is 16.6. The Morgan fingerprint density at radius 1 is 0.585 bits per heavy atom. The summed E-state index contributed by atoms with van der Waals surface area (Å²) >= 11 is 0. The van der Waals surface area contributed by atoms with E-state index >= 15 is 0 Å². The van der Waals surface area contributed by atoms with Gasteiger partial charge in [-0.15, -0.1) is 0 Å². The van der Waals surface area contributed by atoms with E-state index < -0.39 is 24.1 Å². The number of hydrogen-bond donors (Lipinski definition) is 1. The number of likely N-dealkylation sites (N-methyl/N-ethyl adjacent to an activating group) is 1. The summed E-state index contributed by atoms with van der Waals surface area (Å²) in [7, 11) is 5.49. The Bertz CT molecular complexity index is 968. The van der Waals surface area contributed by atoms with Crippen molar-refractivity contribution in [1.82, 2.24) is 0 Å². The first-order chi connectivity index (χ1) is 25.6. The van der Waals surface area contributed by atoms with Crippen LogP contribution in [0.25, 0.3) is 0 Å². The second kappa shape index (κ2) is 36.5. The molecule has 0 saturated carbocycles. The van der Waals surface area contributed by atoms with E-state index in [1.165, 1.54) is 109 Å². The van der Waals surface area contributed by atoms with Gasteiger partial charge in [0.1, 0.15) is 6.61 Å². The Labute approximate surface area is 325 Å². The lowest BCUT2D eigenvalue weighted by Gasteiger charge is -2.31. The lowest BCUT2D eigenvalue weighted by atomic mass is 10.0. The quantitative estimate of drug-likeness (QED) is 0.0290. The molecule has 0 aliphatic heterocycles. The number of carboxylic acids is 1. The number of quaternary nitrogens is 1. The molecule has 0 saturated heterocycles. The summed E-state index contributed by atoms with van der Waals surface area (Å²) in [6.45, 7) is 4.52. The van der Waals surface area contributed by atoms with E-state index in [0.29, 0.717) is 12.8 Å². The number of allylic oxidation sites excluding steroid dienone is 5. The Kier molecular flexibility index (Phi) is 34.8. The molecule has 0 fully saturated rings. The van der Waals surface area contributed by atoms with Gasteiger partial charge in [0, 0.05) is 12.8 Å². The number of carbonyl (C=O) groups is 3. The Morgan fingerprint density at radius 3 is 1.49 bits per heavy atom. The molecule has 0 aliphatic carbocycles. The third-order valence-corrected chi connectivity index (χ3v) is 9.59. The van der Waals surface area contributed by atoms with Crippen molar-refractivity contribution in [1.29, 1.82) is 0 Å². The molecule has 0 aromatic heterocycles. The van der Waals surface area contributed by atoms with Crippen LogP contribution < -0.4 is 0 Å². The zero-order chi connectivity index (χ0) is 39.3. The van der Waals surface area contributed by atoms with Gasteiger partial charge in [0.05, 0.1) is 40.8 Å². The molecule has 8 nitrogen and oxygen atoms in total. The van der Waals surface area contributed by atoms with E-state index in [-0.39, 0.29) is 36.7 Å². The first kappa shape index (κ1) is 50.5. The third kappa shape index (κ3) is 35.0. The maximum absolute atomic E-state index is 12.6. The maximum Gasteiger partial charge on any atom is 0.362 e. The highest BCUT2D eigenvalue weighted by molar-refractivity contribution is 5.72. The molecule has 0 bridgehead atoms. The number of esters is 2. The molecular weight excluding hydrogens is 666 g/mol. The van der Waals surface area contributed by atoms with E-state index in [9.17, 15) is 19.5 Å². The largest absolute Gasteiger partial charge is 0.477 e. The fraction of sp³-hybridized carbons (Fsp3) is 0.800. The van der Waals surface area contributed by atoms with Crippen LogP contribution in [0.4, 0.5) is 0 Å². The Morgan fingerprint density at radius 2 is 1.04 bits per heavy atom. The van der Waals surface area contributed by atoms with Gasteiger partial charge in [-0.05, 0) is 25.7 Å². The van der Waals surface area contributed by atoms with E-state index in [2.05, 4.69) is 38.2 Å². The molecule has 8 heteroatoms. The first-order valence-electron chi connectivity index (χ1n) is 21.5. The van der Waals surface area contributed by atoms with Crippen molar-refractivity contribution in [3.8, 4) is 0 Å². The highest BCUT2D eigenvalue weighted by Gasteiger charge is 2.31. The summed E-state index contributed by atoms with van der Waals surface area (Å²) < 4.78 is 17.1. The van der Waals surface area contributed by atoms with Gasteiger partial charge in [-0.1, -0.05) is 172 Å².